The number of nitrogens with zero attached hydrogens (tertiary/aromatic N) is 1. The summed E-state index contributed by atoms with van der Waals surface area (Å²) in [4.78, 5) is 7.19. The second kappa shape index (κ2) is 3.90. The average molecular weight is 205 g/mol. The number of H-pyrrole nitrogens is 1. The van der Waals surface area contributed by atoms with Crippen LogP contribution in [-0.2, 0) is 6.42 Å². The van der Waals surface area contributed by atoms with Gasteiger partial charge in [-0.15, -0.1) is 0 Å². The summed E-state index contributed by atoms with van der Waals surface area (Å²) in [6, 6.07) is 1.93. The number of nitrogens with two attached hydrogens (primary N) is 1. The predicted octanol–water partition coefficient (Wildman–Crippen LogP) is 1.86. The largest absolute Gasteiger partial charge is 0.466 e. The Morgan fingerprint density at radius 3 is 2.87 bits per heavy atom. The van der Waals surface area contributed by atoms with Crippen LogP contribution in [0, 0.1) is 13.8 Å². The van der Waals surface area contributed by atoms with Crippen LogP contribution in [-0.4, -0.2) is 9.97 Å². The first kappa shape index (κ1) is 9.98. The third-order valence-electron chi connectivity index (χ3n) is 2.45. The zero-order valence-electron chi connectivity index (χ0n) is 8.95. The second-order valence-electron chi connectivity index (χ2n) is 3.72. The molecule has 1 atom stereocenters. The van der Waals surface area contributed by atoms with E-state index in [1.165, 1.54) is 0 Å². The van der Waals surface area contributed by atoms with Crippen LogP contribution in [0.5, 0.6) is 0 Å². The fraction of sp³-hybridized carbons (Fsp3) is 0.364. The van der Waals surface area contributed by atoms with Crippen molar-refractivity contribution in [2.24, 2.45) is 5.73 Å². The van der Waals surface area contributed by atoms with Crippen molar-refractivity contribution in [1.82, 2.24) is 9.97 Å². The quantitative estimate of drug-likeness (QED) is 0.803. The Hall–Kier alpha value is -1.55. The number of hydrogen-bond acceptors (Lipinski definition) is 3. The first-order valence-corrected chi connectivity index (χ1v) is 4.97. The van der Waals surface area contributed by atoms with Crippen LogP contribution in [0.25, 0.3) is 0 Å². The molecule has 3 N–H and O–H groups in total. The lowest BCUT2D eigenvalue weighted by molar-refractivity contribution is 0.497. The van der Waals surface area contributed by atoms with Gasteiger partial charge in [-0.2, -0.15) is 0 Å². The summed E-state index contributed by atoms with van der Waals surface area (Å²) in [5.41, 5.74) is 7.14. The van der Waals surface area contributed by atoms with E-state index in [9.17, 15) is 0 Å². The minimum absolute atomic E-state index is 0.0615. The van der Waals surface area contributed by atoms with Gasteiger partial charge in [-0.25, -0.2) is 4.98 Å². The zero-order valence-corrected chi connectivity index (χ0v) is 8.95. The van der Waals surface area contributed by atoms with Crippen molar-refractivity contribution in [2.75, 3.05) is 0 Å². The first-order valence-electron chi connectivity index (χ1n) is 4.97. The van der Waals surface area contributed by atoms with Gasteiger partial charge >= 0.3 is 0 Å². The molecule has 0 aliphatic heterocycles. The molecule has 0 aromatic carbocycles. The molecule has 0 aliphatic rings. The normalized spacial score (nSPS) is 13.0. The molecule has 15 heavy (non-hydrogen) atoms. The Labute approximate surface area is 88.5 Å². The van der Waals surface area contributed by atoms with E-state index in [0.29, 0.717) is 6.42 Å². The summed E-state index contributed by atoms with van der Waals surface area (Å²) < 4.78 is 5.44. The number of imidazole rings is 1. The molecule has 0 aliphatic carbocycles. The second-order valence-corrected chi connectivity index (χ2v) is 3.72. The van der Waals surface area contributed by atoms with Crippen molar-refractivity contribution in [3.63, 3.8) is 0 Å². The van der Waals surface area contributed by atoms with E-state index in [1.807, 2.05) is 19.9 Å². The standard InChI is InChI=1S/C11H15N3O/c1-7-5-9(8(2)15-7)10(12)6-11-13-3-4-14-11/h3-5,10H,6,12H2,1-2H3,(H,13,14). The van der Waals surface area contributed by atoms with Crippen LogP contribution in [0.2, 0.25) is 0 Å². The molecular formula is C11H15N3O. The van der Waals surface area contributed by atoms with E-state index in [4.69, 9.17) is 10.2 Å². The van der Waals surface area contributed by atoms with Crippen molar-refractivity contribution in [2.45, 2.75) is 26.3 Å². The highest BCUT2D eigenvalue weighted by molar-refractivity contribution is 5.24. The highest BCUT2D eigenvalue weighted by atomic mass is 16.3. The van der Waals surface area contributed by atoms with Crippen LogP contribution in [0.4, 0.5) is 0 Å². The molecule has 0 fully saturated rings. The van der Waals surface area contributed by atoms with Gasteiger partial charge in [0.05, 0.1) is 0 Å². The van der Waals surface area contributed by atoms with Crippen molar-refractivity contribution in [3.8, 4) is 0 Å². The molecule has 0 radical (unpaired) electrons. The summed E-state index contributed by atoms with van der Waals surface area (Å²) in [5.74, 6) is 2.70. The van der Waals surface area contributed by atoms with E-state index < -0.39 is 0 Å². The van der Waals surface area contributed by atoms with Crippen molar-refractivity contribution < 1.29 is 4.42 Å². The Balaban J connectivity index is 2.14. The lowest BCUT2D eigenvalue weighted by Gasteiger charge is -2.08. The summed E-state index contributed by atoms with van der Waals surface area (Å²) in [7, 11) is 0. The van der Waals surface area contributed by atoms with Crippen LogP contribution < -0.4 is 5.73 Å². The number of aromatic amines is 1. The third-order valence-corrected chi connectivity index (χ3v) is 2.45. The number of aryl methyl sites for hydroxylation is 2. The van der Waals surface area contributed by atoms with Gasteiger partial charge in [0.2, 0.25) is 0 Å². The molecule has 0 amide bonds. The number of furan rings is 1. The molecule has 4 heteroatoms. The van der Waals surface area contributed by atoms with Gasteiger partial charge in [0, 0.05) is 30.4 Å². The summed E-state index contributed by atoms with van der Waals surface area (Å²) in [5, 5.41) is 0. The van der Waals surface area contributed by atoms with E-state index in [1.54, 1.807) is 12.4 Å². The van der Waals surface area contributed by atoms with Crippen LogP contribution in [0.3, 0.4) is 0 Å². The molecule has 2 aromatic heterocycles. The maximum Gasteiger partial charge on any atom is 0.107 e. The SMILES string of the molecule is Cc1cc(C(N)Cc2ncc[nH]2)c(C)o1. The minimum atomic E-state index is -0.0615. The number of aromatic nitrogens is 2. The number of rotatable bonds is 3. The molecule has 2 rings (SSSR count). The molecule has 2 heterocycles. The average Bonchev–Trinajstić information content (AvgIpc) is 2.75. The van der Waals surface area contributed by atoms with E-state index >= 15 is 0 Å². The summed E-state index contributed by atoms with van der Waals surface area (Å²) in [6.45, 7) is 3.86. The topological polar surface area (TPSA) is 67.8 Å². The first-order chi connectivity index (χ1) is 7.16. The highest BCUT2D eigenvalue weighted by Gasteiger charge is 2.14. The van der Waals surface area contributed by atoms with Gasteiger partial charge in [0.25, 0.3) is 0 Å². The lowest BCUT2D eigenvalue weighted by Crippen LogP contribution is -2.14. The maximum absolute atomic E-state index is 6.08. The smallest absolute Gasteiger partial charge is 0.107 e. The van der Waals surface area contributed by atoms with Crippen LogP contribution in [0.15, 0.2) is 22.9 Å². The van der Waals surface area contributed by atoms with Gasteiger partial charge in [-0.1, -0.05) is 0 Å². The molecule has 4 nitrogen and oxygen atoms in total. The third kappa shape index (κ3) is 2.10. The fourth-order valence-corrected chi connectivity index (χ4v) is 1.75. The number of hydrogen-bond donors (Lipinski definition) is 2. The van der Waals surface area contributed by atoms with Gasteiger partial charge < -0.3 is 15.1 Å². The Bertz CT molecular complexity index is 431. The van der Waals surface area contributed by atoms with Crippen LogP contribution in [0.1, 0.15) is 29.0 Å². The van der Waals surface area contributed by atoms with E-state index in [2.05, 4.69) is 9.97 Å². The highest BCUT2D eigenvalue weighted by Crippen LogP contribution is 2.21. The van der Waals surface area contributed by atoms with Crippen molar-refractivity contribution in [1.29, 1.82) is 0 Å². The molecule has 0 saturated heterocycles. The molecule has 0 saturated carbocycles. The predicted molar refractivity (Wildman–Crippen MR) is 57.4 cm³/mol. The van der Waals surface area contributed by atoms with Crippen LogP contribution >= 0.6 is 0 Å². The molecule has 1 unspecified atom stereocenters. The van der Waals surface area contributed by atoms with Crippen molar-refractivity contribution >= 4 is 0 Å². The summed E-state index contributed by atoms with van der Waals surface area (Å²) in [6.07, 6.45) is 4.23. The van der Waals surface area contributed by atoms with E-state index in [0.717, 1.165) is 22.9 Å². The van der Waals surface area contributed by atoms with Crippen molar-refractivity contribution in [3.05, 3.63) is 41.4 Å². The van der Waals surface area contributed by atoms with E-state index in [-0.39, 0.29) is 6.04 Å². The zero-order chi connectivity index (χ0) is 10.8. The molecular weight excluding hydrogens is 190 g/mol. The molecule has 80 valence electrons. The van der Waals surface area contributed by atoms with Gasteiger partial charge in [0.1, 0.15) is 17.3 Å². The van der Waals surface area contributed by atoms with Gasteiger partial charge in [-0.3, -0.25) is 0 Å². The number of nitrogens with one attached hydrogen (secondary N) is 1. The van der Waals surface area contributed by atoms with Gasteiger partial charge in [-0.05, 0) is 19.9 Å². The Kier molecular flexibility index (Phi) is 2.60. The van der Waals surface area contributed by atoms with Gasteiger partial charge in [0.15, 0.2) is 0 Å². The molecule has 0 spiro atoms. The summed E-state index contributed by atoms with van der Waals surface area (Å²) >= 11 is 0. The monoisotopic (exact) mass is 205 g/mol. The minimum Gasteiger partial charge on any atom is -0.466 e. The molecule has 0 bridgehead atoms. The Morgan fingerprint density at radius 2 is 2.33 bits per heavy atom. The lowest BCUT2D eigenvalue weighted by atomic mass is 10.1. The fourth-order valence-electron chi connectivity index (χ4n) is 1.75. The molecule has 2 aromatic rings. The maximum atomic E-state index is 6.08. The Morgan fingerprint density at radius 1 is 1.53 bits per heavy atom.